The molecule has 2 N–H and O–H groups in total. The highest BCUT2D eigenvalue weighted by molar-refractivity contribution is 6.31. The number of aliphatic hydroxyl groups excluding tert-OH is 1. The lowest BCUT2D eigenvalue weighted by Gasteiger charge is -2.35. The van der Waals surface area contributed by atoms with E-state index < -0.39 is 0 Å². The molecule has 1 amide bonds. The molecule has 1 aliphatic rings. The van der Waals surface area contributed by atoms with E-state index in [2.05, 4.69) is 4.98 Å². The first kappa shape index (κ1) is 18.4. The van der Waals surface area contributed by atoms with Gasteiger partial charge in [-0.15, -0.1) is 0 Å². The van der Waals surface area contributed by atoms with E-state index in [9.17, 15) is 9.90 Å². The summed E-state index contributed by atoms with van der Waals surface area (Å²) in [7, 11) is 0. The van der Waals surface area contributed by atoms with Crippen molar-refractivity contribution < 1.29 is 9.90 Å². The third kappa shape index (κ3) is 3.57. The lowest BCUT2D eigenvalue weighted by molar-refractivity contribution is -0.135. The van der Waals surface area contributed by atoms with E-state index in [4.69, 9.17) is 23.2 Å². The maximum atomic E-state index is 12.9. The van der Waals surface area contributed by atoms with Crippen molar-refractivity contribution in [3.8, 4) is 0 Å². The predicted molar refractivity (Wildman–Crippen MR) is 108 cm³/mol. The number of rotatable bonds is 4. The van der Waals surface area contributed by atoms with Crippen LogP contribution < -0.4 is 0 Å². The highest BCUT2D eigenvalue weighted by atomic mass is 35.5. The van der Waals surface area contributed by atoms with Crippen LogP contribution in [0.5, 0.6) is 0 Å². The van der Waals surface area contributed by atoms with Crippen LogP contribution in [0.25, 0.3) is 10.9 Å². The Morgan fingerprint density at radius 1 is 1.19 bits per heavy atom. The Morgan fingerprint density at radius 3 is 2.78 bits per heavy atom. The highest BCUT2D eigenvalue weighted by Gasteiger charge is 2.32. The zero-order valence-corrected chi connectivity index (χ0v) is 16.2. The Kier molecular flexibility index (Phi) is 5.13. The maximum Gasteiger partial charge on any atom is 0.223 e. The van der Waals surface area contributed by atoms with Gasteiger partial charge in [-0.3, -0.25) is 4.79 Å². The topological polar surface area (TPSA) is 56.3 Å². The SMILES string of the molecule is O=C(CCc1cccc(Cl)c1)N1CCc2c([nH]c3ccc(Cl)cc23)C1CO. The zero-order chi connectivity index (χ0) is 19.0. The number of hydrogen-bond donors (Lipinski definition) is 2. The van der Waals surface area contributed by atoms with Crippen LogP contribution in [0.2, 0.25) is 10.0 Å². The molecule has 4 rings (SSSR count). The minimum atomic E-state index is -0.355. The van der Waals surface area contributed by atoms with Gasteiger partial charge in [-0.05, 0) is 54.3 Å². The number of aromatic nitrogens is 1. The monoisotopic (exact) mass is 402 g/mol. The smallest absolute Gasteiger partial charge is 0.223 e. The first-order valence-electron chi connectivity index (χ1n) is 9.01. The lowest BCUT2D eigenvalue weighted by Crippen LogP contribution is -2.41. The molecule has 0 saturated carbocycles. The molecule has 27 heavy (non-hydrogen) atoms. The number of aromatic amines is 1. The summed E-state index contributed by atoms with van der Waals surface area (Å²) in [4.78, 5) is 18.0. The van der Waals surface area contributed by atoms with Crippen molar-refractivity contribution in [2.45, 2.75) is 25.3 Å². The predicted octanol–water partition coefficient (Wildman–Crippen LogP) is 4.53. The number of nitrogens with one attached hydrogen (secondary N) is 1. The van der Waals surface area contributed by atoms with Gasteiger partial charge in [0.1, 0.15) is 0 Å². The first-order valence-corrected chi connectivity index (χ1v) is 9.77. The summed E-state index contributed by atoms with van der Waals surface area (Å²) in [5.41, 5.74) is 4.08. The van der Waals surface area contributed by atoms with E-state index in [1.165, 1.54) is 0 Å². The van der Waals surface area contributed by atoms with E-state index in [0.717, 1.165) is 34.1 Å². The average Bonchev–Trinajstić information content (AvgIpc) is 3.03. The number of aliphatic hydroxyl groups is 1. The number of benzene rings is 2. The van der Waals surface area contributed by atoms with Crippen molar-refractivity contribution in [1.82, 2.24) is 9.88 Å². The van der Waals surface area contributed by atoms with Gasteiger partial charge in [0.2, 0.25) is 5.91 Å². The number of halogens is 2. The van der Waals surface area contributed by atoms with Gasteiger partial charge < -0.3 is 15.0 Å². The summed E-state index contributed by atoms with van der Waals surface area (Å²) in [5, 5.41) is 12.4. The number of aryl methyl sites for hydroxylation is 1. The fourth-order valence-electron chi connectivity index (χ4n) is 3.91. The second kappa shape index (κ2) is 7.55. The molecule has 3 aromatic rings. The van der Waals surface area contributed by atoms with Crippen LogP contribution in [0.3, 0.4) is 0 Å². The highest BCUT2D eigenvalue weighted by Crippen LogP contribution is 2.35. The quantitative estimate of drug-likeness (QED) is 0.673. The number of nitrogens with zero attached hydrogens (tertiary/aromatic N) is 1. The fourth-order valence-corrected chi connectivity index (χ4v) is 4.30. The molecule has 1 aromatic heterocycles. The van der Waals surface area contributed by atoms with Crippen LogP contribution in [-0.4, -0.2) is 34.0 Å². The van der Waals surface area contributed by atoms with E-state index in [0.29, 0.717) is 29.4 Å². The lowest BCUT2D eigenvalue weighted by atomic mass is 9.97. The summed E-state index contributed by atoms with van der Waals surface area (Å²) in [5.74, 6) is 0.0383. The Morgan fingerprint density at radius 2 is 2.00 bits per heavy atom. The molecule has 0 saturated heterocycles. The van der Waals surface area contributed by atoms with Crippen LogP contribution in [0.4, 0.5) is 0 Å². The molecule has 6 heteroatoms. The van der Waals surface area contributed by atoms with Crippen molar-refractivity contribution >= 4 is 40.0 Å². The minimum absolute atomic E-state index is 0.0383. The Balaban J connectivity index is 1.56. The molecule has 1 unspecified atom stereocenters. The van der Waals surface area contributed by atoms with Gasteiger partial charge in [0, 0.05) is 39.6 Å². The second-order valence-corrected chi connectivity index (χ2v) is 7.75. The van der Waals surface area contributed by atoms with E-state index in [1.807, 2.05) is 42.5 Å². The van der Waals surface area contributed by atoms with E-state index in [-0.39, 0.29) is 18.6 Å². The third-order valence-electron chi connectivity index (χ3n) is 5.22. The summed E-state index contributed by atoms with van der Waals surface area (Å²) in [6, 6.07) is 12.9. The van der Waals surface area contributed by atoms with Gasteiger partial charge in [0.15, 0.2) is 0 Å². The summed E-state index contributed by atoms with van der Waals surface area (Å²) in [6.45, 7) is 0.475. The summed E-state index contributed by atoms with van der Waals surface area (Å²) >= 11 is 12.2. The van der Waals surface area contributed by atoms with Gasteiger partial charge in [0.05, 0.1) is 12.6 Å². The maximum absolute atomic E-state index is 12.9. The number of carbonyl (C=O) groups excluding carboxylic acids is 1. The Bertz CT molecular complexity index is 999. The second-order valence-electron chi connectivity index (χ2n) is 6.87. The molecule has 0 spiro atoms. The van der Waals surface area contributed by atoms with Crippen molar-refractivity contribution in [3.63, 3.8) is 0 Å². The van der Waals surface area contributed by atoms with Crippen LogP contribution in [0.1, 0.15) is 29.3 Å². The average molecular weight is 403 g/mol. The van der Waals surface area contributed by atoms with E-state index in [1.54, 1.807) is 4.90 Å². The minimum Gasteiger partial charge on any atom is -0.394 e. The van der Waals surface area contributed by atoms with Crippen molar-refractivity contribution in [1.29, 1.82) is 0 Å². The number of carbonyl (C=O) groups is 1. The van der Waals surface area contributed by atoms with Gasteiger partial charge in [-0.25, -0.2) is 0 Å². The van der Waals surface area contributed by atoms with Crippen LogP contribution in [-0.2, 0) is 17.6 Å². The molecule has 2 heterocycles. The molecule has 0 fully saturated rings. The molecule has 0 bridgehead atoms. The van der Waals surface area contributed by atoms with Crippen molar-refractivity contribution in [3.05, 3.63) is 69.3 Å². The van der Waals surface area contributed by atoms with Crippen molar-refractivity contribution in [2.24, 2.45) is 0 Å². The van der Waals surface area contributed by atoms with Crippen molar-refractivity contribution in [2.75, 3.05) is 13.2 Å². The normalized spacial score (nSPS) is 16.6. The number of amides is 1. The fraction of sp³-hybridized carbons (Fsp3) is 0.286. The molecule has 0 aliphatic carbocycles. The standard InChI is InChI=1S/C21H20Cl2N2O2/c22-14-3-1-2-13(10-14)4-7-20(27)25-9-8-16-17-11-15(23)5-6-18(17)24-21(16)19(25)12-26/h1-3,5-6,10-11,19,24,26H,4,7-9,12H2. The number of H-pyrrole nitrogens is 1. The molecule has 2 aromatic carbocycles. The molecule has 4 nitrogen and oxygen atoms in total. The molecule has 140 valence electrons. The van der Waals surface area contributed by atoms with Gasteiger partial charge in [0.25, 0.3) is 0 Å². The third-order valence-corrected chi connectivity index (χ3v) is 5.69. The molecule has 0 radical (unpaired) electrons. The number of fused-ring (bicyclic) bond motifs is 3. The van der Waals surface area contributed by atoms with Gasteiger partial charge in [-0.1, -0.05) is 35.3 Å². The summed E-state index contributed by atoms with van der Waals surface area (Å²) in [6.07, 6.45) is 1.76. The Hall–Kier alpha value is -2.01. The number of hydrogen-bond acceptors (Lipinski definition) is 2. The molecule has 1 aliphatic heterocycles. The van der Waals surface area contributed by atoms with Gasteiger partial charge in [-0.2, -0.15) is 0 Å². The van der Waals surface area contributed by atoms with Crippen LogP contribution >= 0.6 is 23.2 Å². The molecule has 1 atom stereocenters. The van der Waals surface area contributed by atoms with Crippen LogP contribution in [0.15, 0.2) is 42.5 Å². The van der Waals surface area contributed by atoms with E-state index >= 15 is 0 Å². The molecular weight excluding hydrogens is 383 g/mol. The first-order chi connectivity index (χ1) is 13.1. The van der Waals surface area contributed by atoms with Gasteiger partial charge >= 0.3 is 0 Å². The Labute approximate surface area is 167 Å². The molecular formula is C21H20Cl2N2O2. The summed E-state index contributed by atoms with van der Waals surface area (Å²) < 4.78 is 0. The largest absolute Gasteiger partial charge is 0.394 e. The zero-order valence-electron chi connectivity index (χ0n) is 14.7. The van der Waals surface area contributed by atoms with Crippen LogP contribution in [0, 0.1) is 0 Å².